The molecule has 128 valence electrons. The molecule has 2 unspecified atom stereocenters. The Kier molecular flexibility index (Phi) is 3.84. The van der Waals surface area contributed by atoms with Crippen molar-refractivity contribution in [3.8, 4) is 0 Å². The fourth-order valence-corrected chi connectivity index (χ4v) is 3.77. The van der Waals surface area contributed by atoms with Gasteiger partial charge < -0.3 is 14.8 Å². The van der Waals surface area contributed by atoms with Crippen molar-refractivity contribution in [2.24, 2.45) is 0 Å². The van der Waals surface area contributed by atoms with Crippen molar-refractivity contribution in [3.63, 3.8) is 0 Å². The van der Waals surface area contributed by atoms with Gasteiger partial charge in [0.1, 0.15) is 11.5 Å². The molecule has 3 heterocycles. The number of aryl methyl sites for hydroxylation is 1. The molecular formula is C18H18ClN5O. The Balaban J connectivity index is 1.74. The summed E-state index contributed by atoms with van der Waals surface area (Å²) in [5, 5.41) is 11.8. The Labute approximate surface area is 150 Å². The Hall–Kier alpha value is -2.60. The number of nitrogens with zero attached hydrogens (tertiary/aromatic N) is 4. The van der Waals surface area contributed by atoms with Crippen molar-refractivity contribution in [1.82, 2.24) is 25.0 Å². The third kappa shape index (κ3) is 2.62. The van der Waals surface area contributed by atoms with E-state index in [-0.39, 0.29) is 18.0 Å². The Bertz CT molecular complexity index is 901. The summed E-state index contributed by atoms with van der Waals surface area (Å²) in [7, 11) is 1.65. The number of rotatable bonds is 3. The van der Waals surface area contributed by atoms with Gasteiger partial charge in [-0.2, -0.15) is 0 Å². The summed E-state index contributed by atoms with van der Waals surface area (Å²) in [6, 6.07) is 7.75. The normalized spacial score (nSPS) is 20.9. The van der Waals surface area contributed by atoms with E-state index in [1.165, 1.54) is 0 Å². The highest BCUT2D eigenvalue weighted by Gasteiger charge is 2.39. The van der Waals surface area contributed by atoms with E-state index in [2.05, 4.69) is 31.1 Å². The highest BCUT2D eigenvalue weighted by atomic mass is 35.5. The lowest BCUT2D eigenvalue weighted by atomic mass is 10.1. The Morgan fingerprint density at radius 3 is 2.92 bits per heavy atom. The van der Waals surface area contributed by atoms with E-state index >= 15 is 0 Å². The van der Waals surface area contributed by atoms with Gasteiger partial charge >= 0.3 is 0 Å². The van der Waals surface area contributed by atoms with Gasteiger partial charge in [-0.15, -0.1) is 10.2 Å². The van der Waals surface area contributed by atoms with Crippen molar-refractivity contribution < 1.29 is 4.79 Å². The SMILES string of the molecule is CNC(=O)C1=CC2C(C=Cc3nnc(C)n32)N1Cc1cccc(Cl)c1. The van der Waals surface area contributed by atoms with Crippen LogP contribution in [0.25, 0.3) is 6.08 Å². The summed E-state index contributed by atoms with van der Waals surface area (Å²) in [6.45, 7) is 2.53. The van der Waals surface area contributed by atoms with E-state index in [0.29, 0.717) is 17.3 Å². The molecule has 25 heavy (non-hydrogen) atoms. The van der Waals surface area contributed by atoms with Gasteiger partial charge in [0.25, 0.3) is 5.91 Å². The Morgan fingerprint density at radius 1 is 1.32 bits per heavy atom. The minimum atomic E-state index is -0.0999. The maximum absolute atomic E-state index is 12.4. The van der Waals surface area contributed by atoms with Crippen LogP contribution in [0.4, 0.5) is 0 Å². The number of nitrogens with one attached hydrogen (secondary N) is 1. The molecular weight excluding hydrogens is 338 g/mol. The van der Waals surface area contributed by atoms with Crippen LogP contribution in [-0.4, -0.2) is 38.7 Å². The van der Waals surface area contributed by atoms with Crippen LogP contribution in [0, 0.1) is 6.92 Å². The number of halogens is 1. The second kappa shape index (κ2) is 6.04. The van der Waals surface area contributed by atoms with E-state index in [4.69, 9.17) is 11.6 Å². The van der Waals surface area contributed by atoms with Crippen LogP contribution in [0.15, 0.2) is 42.1 Å². The number of fused-ring (bicyclic) bond motifs is 3. The van der Waals surface area contributed by atoms with Crippen LogP contribution in [0.2, 0.25) is 5.02 Å². The topological polar surface area (TPSA) is 63.1 Å². The number of hydrogen-bond acceptors (Lipinski definition) is 4. The molecule has 2 aliphatic rings. The predicted molar refractivity (Wildman–Crippen MR) is 95.8 cm³/mol. The first-order chi connectivity index (χ1) is 12.1. The predicted octanol–water partition coefficient (Wildman–Crippen LogP) is 2.32. The maximum Gasteiger partial charge on any atom is 0.267 e. The van der Waals surface area contributed by atoms with E-state index < -0.39 is 0 Å². The number of hydrogen-bond donors (Lipinski definition) is 1. The first-order valence-electron chi connectivity index (χ1n) is 8.13. The number of carbonyl (C=O) groups is 1. The zero-order chi connectivity index (χ0) is 17.6. The lowest BCUT2D eigenvalue weighted by Gasteiger charge is -2.32. The van der Waals surface area contributed by atoms with Gasteiger partial charge in [0.15, 0.2) is 5.82 Å². The summed E-state index contributed by atoms with van der Waals surface area (Å²) in [6.07, 6.45) is 6.05. The average molecular weight is 356 g/mol. The summed E-state index contributed by atoms with van der Waals surface area (Å²) < 4.78 is 2.07. The highest BCUT2D eigenvalue weighted by Crippen LogP contribution is 2.37. The lowest BCUT2D eigenvalue weighted by molar-refractivity contribution is -0.118. The summed E-state index contributed by atoms with van der Waals surface area (Å²) in [4.78, 5) is 14.6. The molecule has 0 saturated carbocycles. The first-order valence-corrected chi connectivity index (χ1v) is 8.51. The number of likely N-dealkylation sites (N-methyl/N-ethyl adjacent to an activating group) is 1. The second-order valence-corrected chi connectivity index (χ2v) is 6.64. The molecule has 0 saturated heterocycles. The first kappa shape index (κ1) is 15.9. The van der Waals surface area contributed by atoms with Crippen molar-refractivity contribution >= 4 is 23.6 Å². The molecule has 1 aromatic heterocycles. The fraction of sp³-hybridized carbons (Fsp3) is 0.278. The van der Waals surface area contributed by atoms with Crippen molar-refractivity contribution in [3.05, 3.63) is 64.3 Å². The lowest BCUT2D eigenvalue weighted by Crippen LogP contribution is -2.38. The van der Waals surface area contributed by atoms with Gasteiger partial charge in [0, 0.05) is 18.6 Å². The summed E-state index contributed by atoms with van der Waals surface area (Å²) in [5.74, 6) is 1.56. The van der Waals surface area contributed by atoms with Crippen molar-refractivity contribution in [2.75, 3.05) is 7.05 Å². The third-order valence-electron chi connectivity index (χ3n) is 4.68. The smallest absolute Gasteiger partial charge is 0.267 e. The molecule has 0 fully saturated rings. The van der Waals surface area contributed by atoms with Crippen LogP contribution < -0.4 is 5.32 Å². The van der Waals surface area contributed by atoms with Gasteiger partial charge in [0.2, 0.25) is 0 Å². The minimum Gasteiger partial charge on any atom is -0.354 e. The minimum absolute atomic E-state index is 0.00137. The van der Waals surface area contributed by atoms with E-state index in [9.17, 15) is 4.79 Å². The zero-order valence-corrected chi connectivity index (χ0v) is 14.7. The largest absolute Gasteiger partial charge is 0.354 e. The molecule has 2 atom stereocenters. The molecule has 1 N–H and O–H groups in total. The molecule has 4 rings (SSSR count). The molecule has 0 spiro atoms. The van der Waals surface area contributed by atoms with E-state index in [0.717, 1.165) is 17.2 Å². The van der Waals surface area contributed by atoms with E-state index in [1.54, 1.807) is 7.05 Å². The molecule has 0 radical (unpaired) electrons. The van der Waals surface area contributed by atoms with Crippen LogP contribution >= 0.6 is 11.6 Å². The molecule has 2 aromatic rings. The van der Waals surface area contributed by atoms with Crippen LogP contribution in [0.5, 0.6) is 0 Å². The van der Waals surface area contributed by atoms with Crippen molar-refractivity contribution in [1.29, 1.82) is 0 Å². The molecule has 7 heteroatoms. The van der Waals surface area contributed by atoms with Crippen LogP contribution in [0.1, 0.15) is 23.3 Å². The average Bonchev–Trinajstić information content (AvgIpc) is 3.15. The van der Waals surface area contributed by atoms with Gasteiger partial charge in [-0.1, -0.05) is 29.8 Å². The number of carbonyl (C=O) groups excluding carboxylic acids is 1. The van der Waals surface area contributed by atoms with Crippen molar-refractivity contribution in [2.45, 2.75) is 25.6 Å². The zero-order valence-electron chi connectivity index (χ0n) is 14.0. The quantitative estimate of drug-likeness (QED) is 0.917. The molecule has 1 aromatic carbocycles. The molecule has 1 amide bonds. The van der Waals surface area contributed by atoms with Gasteiger partial charge in [-0.3, -0.25) is 4.79 Å². The number of amides is 1. The number of aromatic nitrogens is 3. The standard InChI is InChI=1S/C18H18ClN5O/c1-11-21-22-17-7-6-14-15(24(11)17)9-16(18(25)20-2)23(14)10-12-4-3-5-13(19)8-12/h3-9,14-15H,10H2,1-2H3,(H,20,25). The van der Waals surface area contributed by atoms with Gasteiger partial charge in [-0.05, 0) is 36.8 Å². The molecule has 0 aliphatic carbocycles. The van der Waals surface area contributed by atoms with E-state index in [1.807, 2.05) is 43.3 Å². The third-order valence-corrected chi connectivity index (χ3v) is 4.92. The van der Waals surface area contributed by atoms with Gasteiger partial charge in [-0.25, -0.2) is 0 Å². The van der Waals surface area contributed by atoms with Crippen LogP contribution in [0.3, 0.4) is 0 Å². The maximum atomic E-state index is 12.4. The van der Waals surface area contributed by atoms with Crippen LogP contribution in [-0.2, 0) is 11.3 Å². The summed E-state index contributed by atoms with van der Waals surface area (Å²) in [5.41, 5.74) is 1.71. The molecule has 2 aliphatic heterocycles. The van der Waals surface area contributed by atoms with Gasteiger partial charge in [0.05, 0.1) is 12.1 Å². The molecule has 6 nitrogen and oxygen atoms in total. The molecule has 0 bridgehead atoms. The summed E-state index contributed by atoms with van der Waals surface area (Å²) >= 11 is 6.12. The highest BCUT2D eigenvalue weighted by molar-refractivity contribution is 6.30. The monoisotopic (exact) mass is 355 g/mol. The fourth-order valence-electron chi connectivity index (χ4n) is 3.56. The Morgan fingerprint density at radius 2 is 2.16 bits per heavy atom. The number of benzene rings is 1. The second-order valence-electron chi connectivity index (χ2n) is 6.20.